The van der Waals surface area contributed by atoms with E-state index in [2.05, 4.69) is 0 Å². The highest BCUT2D eigenvalue weighted by atomic mass is 35.5. The summed E-state index contributed by atoms with van der Waals surface area (Å²) in [5.41, 5.74) is 1.34. The van der Waals surface area contributed by atoms with Crippen molar-refractivity contribution in [3.8, 4) is 5.75 Å². The normalized spacial score (nSPS) is 9.64. The van der Waals surface area contributed by atoms with Crippen molar-refractivity contribution >= 4 is 23.1 Å². The van der Waals surface area contributed by atoms with E-state index >= 15 is 0 Å². The van der Waals surface area contributed by atoms with E-state index in [0.717, 1.165) is 0 Å². The van der Waals surface area contributed by atoms with Crippen LogP contribution in [0.5, 0.6) is 5.75 Å². The first-order chi connectivity index (χ1) is 6.60. The van der Waals surface area contributed by atoms with Gasteiger partial charge in [-0.15, -0.1) is 0 Å². The van der Waals surface area contributed by atoms with Gasteiger partial charge in [-0.1, -0.05) is 0 Å². The fourth-order valence-corrected chi connectivity index (χ4v) is 1.43. The van der Waals surface area contributed by atoms with Gasteiger partial charge in [0.05, 0.1) is 12.7 Å². The van der Waals surface area contributed by atoms with Gasteiger partial charge in [0.2, 0.25) is 0 Å². The number of benzene rings is 1. The number of ether oxygens (including phenoxy) is 1. The van der Waals surface area contributed by atoms with Gasteiger partial charge >= 0.3 is 0 Å². The fraction of sp³-hybridized carbons (Fsp3) is 0.200. The third-order valence-corrected chi connectivity index (χ3v) is 2.05. The quantitative estimate of drug-likeness (QED) is 0.570. The van der Waals surface area contributed by atoms with Crippen LogP contribution in [0.1, 0.15) is 26.3 Å². The molecule has 14 heavy (non-hydrogen) atoms. The van der Waals surface area contributed by atoms with Crippen LogP contribution in [-0.4, -0.2) is 18.6 Å². The first-order valence-electron chi connectivity index (χ1n) is 3.93. The molecular weight excluding hydrogens is 204 g/mol. The van der Waals surface area contributed by atoms with Crippen LogP contribution in [-0.2, 0) is 0 Å². The average molecular weight is 213 g/mol. The van der Waals surface area contributed by atoms with Crippen molar-refractivity contribution in [3.63, 3.8) is 0 Å². The van der Waals surface area contributed by atoms with Gasteiger partial charge < -0.3 is 4.74 Å². The molecule has 0 spiro atoms. The highest BCUT2D eigenvalue weighted by molar-refractivity contribution is 6.68. The van der Waals surface area contributed by atoms with Crippen molar-refractivity contribution in [1.82, 2.24) is 0 Å². The summed E-state index contributed by atoms with van der Waals surface area (Å²) in [5, 5.41) is -0.631. The van der Waals surface area contributed by atoms with Crippen LogP contribution in [0.15, 0.2) is 12.1 Å². The molecule has 0 saturated carbocycles. The van der Waals surface area contributed by atoms with Crippen molar-refractivity contribution < 1.29 is 14.3 Å². The molecule has 0 bridgehead atoms. The number of aldehydes is 1. The number of halogens is 1. The molecule has 4 heteroatoms. The molecule has 0 heterocycles. The van der Waals surface area contributed by atoms with Crippen LogP contribution in [0.25, 0.3) is 0 Å². The second-order valence-electron chi connectivity index (χ2n) is 2.81. The molecule has 0 aliphatic rings. The van der Waals surface area contributed by atoms with Gasteiger partial charge in [-0.05, 0) is 36.2 Å². The lowest BCUT2D eigenvalue weighted by Crippen LogP contribution is -1.99. The molecule has 0 aromatic heterocycles. The Labute approximate surface area is 86.6 Å². The first kappa shape index (κ1) is 10.7. The van der Waals surface area contributed by atoms with E-state index in [0.29, 0.717) is 23.2 Å². The van der Waals surface area contributed by atoms with Gasteiger partial charge in [0.25, 0.3) is 5.24 Å². The highest BCUT2D eigenvalue weighted by Gasteiger charge is 2.13. The van der Waals surface area contributed by atoms with Gasteiger partial charge in [0.1, 0.15) is 12.0 Å². The SMILES string of the molecule is COc1c(C)cc(C=O)cc1C(=O)Cl. The molecule has 74 valence electrons. The summed E-state index contributed by atoms with van der Waals surface area (Å²) in [6.07, 6.45) is 0.662. The van der Waals surface area contributed by atoms with E-state index in [-0.39, 0.29) is 5.56 Å². The van der Waals surface area contributed by atoms with Crippen LogP contribution in [0.3, 0.4) is 0 Å². The zero-order chi connectivity index (χ0) is 10.7. The molecule has 1 aromatic rings. The number of methoxy groups -OCH3 is 1. The maximum Gasteiger partial charge on any atom is 0.256 e. The number of hydrogen-bond acceptors (Lipinski definition) is 3. The Hall–Kier alpha value is -1.35. The Morgan fingerprint density at radius 1 is 1.50 bits per heavy atom. The van der Waals surface area contributed by atoms with Crippen LogP contribution >= 0.6 is 11.6 Å². The highest BCUT2D eigenvalue weighted by Crippen LogP contribution is 2.25. The zero-order valence-corrected chi connectivity index (χ0v) is 8.59. The van der Waals surface area contributed by atoms with Gasteiger partial charge in [0.15, 0.2) is 0 Å². The molecule has 0 N–H and O–H groups in total. The molecule has 0 saturated heterocycles. The Bertz CT molecular complexity index is 385. The summed E-state index contributed by atoms with van der Waals surface area (Å²) in [7, 11) is 1.45. The molecule has 0 aliphatic carbocycles. The van der Waals surface area contributed by atoms with Gasteiger partial charge in [0, 0.05) is 5.56 Å². The van der Waals surface area contributed by atoms with Crippen molar-refractivity contribution in [2.75, 3.05) is 7.11 Å². The molecule has 0 radical (unpaired) electrons. The Balaban J connectivity index is 3.42. The minimum atomic E-state index is -0.631. The standard InChI is InChI=1S/C10H9ClO3/c1-6-3-7(5-12)4-8(10(11)13)9(6)14-2/h3-5H,1-2H3. The maximum absolute atomic E-state index is 11.0. The van der Waals surface area contributed by atoms with Crippen molar-refractivity contribution in [2.45, 2.75) is 6.92 Å². The third-order valence-electron chi connectivity index (χ3n) is 1.85. The van der Waals surface area contributed by atoms with Gasteiger partial charge in [-0.2, -0.15) is 0 Å². The minimum Gasteiger partial charge on any atom is -0.496 e. The van der Waals surface area contributed by atoms with Gasteiger partial charge in [-0.3, -0.25) is 9.59 Å². The average Bonchev–Trinajstić information content (AvgIpc) is 2.16. The Morgan fingerprint density at radius 3 is 2.57 bits per heavy atom. The van der Waals surface area contributed by atoms with E-state index in [1.807, 2.05) is 0 Å². The van der Waals surface area contributed by atoms with Crippen molar-refractivity contribution in [3.05, 3.63) is 28.8 Å². The predicted molar refractivity (Wildman–Crippen MR) is 53.3 cm³/mol. The number of carbonyl (C=O) groups is 2. The lowest BCUT2D eigenvalue weighted by Gasteiger charge is -2.08. The smallest absolute Gasteiger partial charge is 0.256 e. The molecule has 0 atom stereocenters. The molecule has 0 aliphatic heterocycles. The monoisotopic (exact) mass is 212 g/mol. The van der Waals surface area contributed by atoms with Crippen LogP contribution in [0.4, 0.5) is 0 Å². The van der Waals surface area contributed by atoms with E-state index < -0.39 is 5.24 Å². The van der Waals surface area contributed by atoms with Crippen LogP contribution in [0, 0.1) is 6.92 Å². The molecule has 0 unspecified atom stereocenters. The zero-order valence-electron chi connectivity index (χ0n) is 7.83. The predicted octanol–water partition coefficient (Wildman–Crippen LogP) is 2.20. The van der Waals surface area contributed by atoms with E-state index in [4.69, 9.17) is 16.3 Å². The minimum absolute atomic E-state index is 0.219. The first-order valence-corrected chi connectivity index (χ1v) is 4.31. The molecular formula is C10H9ClO3. The Morgan fingerprint density at radius 2 is 2.14 bits per heavy atom. The van der Waals surface area contributed by atoms with E-state index in [1.165, 1.54) is 13.2 Å². The van der Waals surface area contributed by atoms with Crippen LogP contribution in [0.2, 0.25) is 0 Å². The van der Waals surface area contributed by atoms with E-state index in [1.54, 1.807) is 13.0 Å². The van der Waals surface area contributed by atoms with E-state index in [9.17, 15) is 9.59 Å². The molecule has 3 nitrogen and oxygen atoms in total. The lowest BCUT2D eigenvalue weighted by molar-refractivity contribution is 0.107. The fourth-order valence-electron chi connectivity index (χ4n) is 1.29. The summed E-state index contributed by atoms with van der Waals surface area (Å²) < 4.78 is 5.02. The third kappa shape index (κ3) is 1.93. The Kier molecular flexibility index (Phi) is 3.25. The molecule has 1 rings (SSSR count). The summed E-state index contributed by atoms with van der Waals surface area (Å²) in [4.78, 5) is 21.6. The molecule has 0 amide bonds. The lowest BCUT2D eigenvalue weighted by atomic mass is 10.1. The summed E-state index contributed by atoms with van der Waals surface area (Å²) in [6, 6.07) is 3.04. The van der Waals surface area contributed by atoms with Crippen LogP contribution < -0.4 is 4.74 Å². The number of carbonyl (C=O) groups excluding carboxylic acids is 2. The largest absolute Gasteiger partial charge is 0.496 e. The van der Waals surface area contributed by atoms with Crippen molar-refractivity contribution in [1.29, 1.82) is 0 Å². The summed E-state index contributed by atoms with van der Waals surface area (Å²) >= 11 is 5.35. The van der Waals surface area contributed by atoms with Crippen molar-refractivity contribution in [2.24, 2.45) is 0 Å². The summed E-state index contributed by atoms with van der Waals surface area (Å²) in [5.74, 6) is 0.413. The maximum atomic E-state index is 11.0. The topological polar surface area (TPSA) is 43.4 Å². The second-order valence-corrected chi connectivity index (χ2v) is 3.15. The molecule has 0 fully saturated rings. The number of hydrogen-bond donors (Lipinski definition) is 0. The number of rotatable bonds is 3. The second kappa shape index (κ2) is 4.24. The van der Waals surface area contributed by atoms with Gasteiger partial charge in [-0.25, -0.2) is 0 Å². The molecule has 1 aromatic carbocycles. The number of aryl methyl sites for hydroxylation is 1. The summed E-state index contributed by atoms with van der Waals surface area (Å²) in [6.45, 7) is 1.75.